The molecule has 0 radical (unpaired) electrons. The molecule has 112 valence electrons. The van der Waals surface area contributed by atoms with Gasteiger partial charge in [0.25, 0.3) is 0 Å². The SMILES string of the molecule is Nc1cc(-c2nnnn2C2CCS(=O)(=O)CC2)ccc1Cl. The highest BCUT2D eigenvalue weighted by Crippen LogP contribution is 2.29. The molecule has 1 aromatic carbocycles. The van der Waals surface area contributed by atoms with Crippen LogP contribution in [0.25, 0.3) is 11.4 Å². The summed E-state index contributed by atoms with van der Waals surface area (Å²) in [6, 6.07) is 5.18. The lowest BCUT2D eigenvalue weighted by molar-refractivity contribution is 0.408. The van der Waals surface area contributed by atoms with E-state index in [1.165, 1.54) is 0 Å². The van der Waals surface area contributed by atoms with Crippen LogP contribution in [0.15, 0.2) is 18.2 Å². The fourth-order valence-corrected chi connectivity index (χ4v) is 4.02. The topological polar surface area (TPSA) is 104 Å². The van der Waals surface area contributed by atoms with Gasteiger partial charge in [-0.25, -0.2) is 13.1 Å². The lowest BCUT2D eigenvalue weighted by atomic mass is 10.1. The monoisotopic (exact) mass is 327 g/mol. The van der Waals surface area contributed by atoms with Crippen molar-refractivity contribution < 1.29 is 8.42 Å². The Balaban J connectivity index is 1.92. The second-order valence-corrected chi connectivity index (χ2v) is 7.78. The van der Waals surface area contributed by atoms with E-state index in [0.29, 0.717) is 29.4 Å². The van der Waals surface area contributed by atoms with Gasteiger partial charge >= 0.3 is 0 Å². The molecule has 0 bridgehead atoms. The van der Waals surface area contributed by atoms with E-state index >= 15 is 0 Å². The maximum absolute atomic E-state index is 11.5. The summed E-state index contributed by atoms with van der Waals surface area (Å²) in [6.07, 6.45) is 1.03. The van der Waals surface area contributed by atoms with Crippen LogP contribution in [-0.2, 0) is 9.84 Å². The van der Waals surface area contributed by atoms with Gasteiger partial charge in [0.2, 0.25) is 0 Å². The second-order valence-electron chi connectivity index (χ2n) is 5.07. The molecule has 9 heteroatoms. The first-order valence-corrected chi connectivity index (χ1v) is 8.70. The van der Waals surface area contributed by atoms with E-state index in [4.69, 9.17) is 17.3 Å². The van der Waals surface area contributed by atoms with Gasteiger partial charge < -0.3 is 5.73 Å². The summed E-state index contributed by atoms with van der Waals surface area (Å²) in [6.45, 7) is 0. The van der Waals surface area contributed by atoms with Crippen molar-refractivity contribution in [3.8, 4) is 11.4 Å². The number of benzene rings is 1. The first-order valence-electron chi connectivity index (χ1n) is 6.50. The van der Waals surface area contributed by atoms with Crippen LogP contribution in [0.5, 0.6) is 0 Å². The average Bonchev–Trinajstić information content (AvgIpc) is 2.91. The smallest absolute Gasteiger partial charge is 0.182 e. The third kappa shape index (κ3) is 2.86. The first-order chi connectivity index (χ1) is 9.96. The summed E-state index contributed by atoms with van der Waals surface area (Å²) in [5.41, 5.74) is 7.01. The molecule has 0 atom stereocenters. The molecule has 1 aliphatic heterocycles. The van der Waals surface area contributed by atoms with E-state index in [0.717, 1.165) is 5.56 Å². The van der Waals surface area contributed by atoms with Gasteiger partial charge in [-0.15, -0.1) is 5.10 Å². The molecule has 0 amide bonds. The molecular weight excluding hydrogens is 314 g/mol. The van der Waals surface area contributed by atoms with Crippen LogP contribution in [0.3, 0.4) is 0 Å². The molecule has 21 heavy (non-hydrogen) atoms. The third-order valence-corrected chi connectivity index (χ3v) is 5.68. The van der Waals surface area contributed by atoms with Crippen molar-refractivity contribution in [2.45, 2.75) is 18.9 Å². The molecule has 0 saturated carbocycles. The summed E-state index contributed by atoms with van der Waals surface area (Å²) in [4.78, 5) is 0. The number of halogens is 1. The summed E-state index contributed by atoms with van der Waals surface area (Å²) in [5.74, 6) is 0.905. The number of rotatable bonds is 2. The number of nitrogens with two attached hydrogens (primary N) is 1. The van der Waals surface area contributed by atoms with Gasteiger partial charge in [0.15, 0.2) is 5.82 Å². The van der Waals surface area contributed by atoms with Crippen molar-refractivity contribution in [2.75, 3.05) is 17.2 Å². The molecule has 2 aromatic rings. The predicted octanol–water partition coefficient (Wildman–Crippen LogP) is 1.33. The Hall–Kier alpha value is -1.67. The lowest BCUT2D eigenvalue weighted by Crippen LogP contribution is -2.26. The number of nitrogen functional groups attached to an aromatic ring is 1. The van der Waals surface area contributed by atoms with Crippen LogP contribution in [0.2, 0.25) is 5.02 Å². The molecule has 2 N–H and O–H groups in total. The van der Waals surface area contributed by atoms with Crippen LogP contribution in [0, 0.1) is 0 Å². The van der Waals surface area contributed by atoms with Crippen molar-refractivity contribution >= 4 is 27.1 Å². The highest BCUT2D eigenvalue weighted by Gasteiger charge is 2.27. The molecule has 2 heterocycles. The van der Waals surface area contributed by atoms with Gasteiger partial charge in [0.1, 0.15) is 9.84 Å². The lowest BCUT2D eigenvalue weighted by Gasteiger charge is -2.22. The maximum Gasteiger partial charge on any atom is 0.182 e. The zero-order valence-corrected chi connectivity index (χ0v) is 12.7. The van der Waals surface area contributed by atoms with Gasteiger partial charge in [0.05, 0.1) is 28.3 Å². The predicted molar refractivity (Wildman–Crippen MR) is 79.6 cm³/mol. The minimum atomic E-state index is -2.92. The van der Waals surface area contributed by atoms with Crippen molar-refractivity contribution in [3.05, 3.63) is 23.2 Å². The van der Waals surface area contributed by atoms with E-state index in [9.17, 15) is 8.42 Å². The average molecular weight is 328 g/mol. The van der Waals surface area contributed by atoms with Crippen molar-refractivity contribution in [1.82, 2.24) is 20.2 Å². The maximum atomic E-state index is 11.5. The number of hydrogen-bond acceptors (Lipinski definition) is 6. The van der Waals surface area contributed by atoms with Crippen molar-refractivity contribution in [3.63, 3.8) is 0 Å². The molecular formula is C12H14ClN5O2S. The van der Waals surface area contributed by atoms with Gasteiger partial charge in [-0.2, -0.15) is 0 Å². The van der Waals surface area contributed by atoms with E-state index in [1.54, 1.807) is 22.9 Å². The number of sulfone groups is 1. The molecule has 1 aliphatic rings. The Kier molecular flexibility index (Phi) is 3.58. The van der Waals surface area contributed by atoms with Crippen LogP contribution in [0.4, 0.5) is 5.69 Å². The minimum absolute atomic E-state index is 0.0181. The van der Waals surface area contributed by atoms with E-state index in [-0.39, 0.29) is 17.5 Å². The summed E-state index contributed by atoms with van der Waals surface area (Å²) >= 11 is 5.91. The Morgan fingerprint density at radius 2 is 2.00 bits per heavy atom. The second kappa shape index (κ2) is 5.27. The van der Waals surface area contributed by atoms with Gasteiger partial charge in [0, 0.05) is 5.56 Å². The number of tetrazole rings is 1. The van der Waals surface area contributed by atoms with Crippen molar-refractivity contribution in [2.24, 2.45) is 0 Å². The molecule has 1 saturated heterocycles. The summed E-state index contributed by atoms with van der Waals surface area (Å²) in [7, 11) is -2.92. The largest absolute Gasteiger partial charge is 0.398 e. The molecule has 0 aliphatic carbocycles. The molecule has 7 nitrogen and oxygen atoms in total. The van der Waals surface area contributed by atoms with Crippen molar-refractivity contribution in [1.29, 1.82) is 0 Å². The van der Waals surface area contributed by atoms with Gasteiger partial charge in [-0.1, -0.05) is 11.6 Å². The molecule has 1 aromatic heterocycles. The molecule has 3 rings (SSSR count). The number of nitrogens with zero attached hydrogens (tertiary/aromatic N) is 4. The highest BCUT2D eigenvalue weighted by molar-refractivity contribution is 7.91. The van der Waals surface area contributed by atoms with E-state index in [1.807, 2.05) is 0 Å². The minimum Gasteiger partial charge on any atom is -0.398 e. The quantitative estimate of drug-likeness (QED) is 0.834. The standard InChI is InChI=1S/C12H14ClN5O2S/c13-10-2-1-8(7-11(10)14)12-15-16-17-18(12)9-3-5-21(19,20)6-4-9/h1-2,7,9H,3-6,14H2. The summed E-state index contributed by atoms with van der Waals surface area (Å²) < 4.78 is 24.7. The van der Waals surface area contributed by atoms with Crippen LogP contribution in [0.1, 0.15) is 18.9 Å². The fraction of sp³-hybridized carbons (Fsp3) is 0.417. The Morgan fingerprint density at radius 3 is 2.67 bits per heavy atom. The van der Waals surface area contributed by atoms with Gasteiger partial charge in [-0.05, 0) is 41.5 Å². The number of anilines is 1. The Bertz CT molecular complexity index is 760. The third-order valence-electron chi connectivity index (χ3n) is 3.62. The van der Waals surface area contributed by atoms with Crippen LogP contribution >= 0.6 is 11.6 Å². The zero-order valence-electron chi connectivity index (χ0n) is 11.1. The molecule has 1 fully saturated rings. The Morgan fingerprint density at radius 1 is 1.29 bits per heavy atom. The molecule has 0 unspecified atom stereocenters. The first kappa shape index (κ1) is 14.3. The summed E-state index contributed by atoms with van der Waals surface area (Å²) in [5, 5.41) is 12.2. The fourth-order valence-electron chi connectivity index (χ4n) is 2.43. The number of hydrogen-bond donors (Lipinski definition) is 1. The molecule has 0 spiro atoms. The highest BCUT2D eigenvalue weighted by atomic mass is 35.5. The Labute approximate surface area is 127 Å². The van der Waals surface area contributed by atoms with E-state index < -0.39 is 9.84 Å². The zero-order chi connectivity index (χ0) is 15.0. The number of aromatic nitrogens is 4. The van der Waals surface area contributed by atoms with E-state index in [2.05, 4.69) is 15.5 Å². The van der Waals surface area contributed by atoms with Crippen LogP contribution in [-0.4, -0.2) is 40.1 Å². The normalized spacial score (nSPS) is 18.7. The van der Waals surface area contributed by atoms with Gasteiger partial charge in [-0.3, -0.25) is 0 Å². The van der Waals surface area contributed by atoms with Crippen LogP contribution < -0.4 is 5.73 Å².